The molecule has 0 amide bonds. The van der Waals surface area contributed by atoms with Crippen molar-refractivity contribution in [3.05, 3.63) is 59.1 Å². The van der Waals surface area contributed by atoms with E-state index in [0.717, 1.165) is 32.7 Å². The monoisotopic (exact) mass is 327 g/mol. The van der Waals surface area contributed by atoms with Crippen molar-refractivity contribution in [3.8, 4) is 11.3 Å². The number of esters is 1. The third-order valence-electron chi connectivity index (χ3n) is 3.76. The van der Waals surface area contributed by atoms with Crippen LogP contribution in [0.3, 0.4) is 0 Å². The van der Waals surface area contributed by atoms with Crippen LogP contribution >= 0.6 is 11.6 Å². The summed E-state index contributed by atoms with van der Waals surface area (Å²) in [6.07, 6.45) is 1.10. The number of rotatable bonds is 5. The summed E-state index contributed by atoms with van der Waals surface area (Å²) in [6.45, 7) is 2.25. The Bertz CT molecular complexity index is 821. The fourth-order valence-electron chi connectivity index (χ4n) is 2.60. The molecule has 0 spiro atoms. The minimum Gasteiger partial charge on any atom is -0.466 e. The van der Waals surface area contributed by atoms with E-state index >= 15 is 0 Å². The first kappa shape index (κ1) is 15.6. The number of hydrogen-bond donors (Lipinski definition) is 1. The van der Waals surface area contributed by atoms with Crippen LogP contribution in [0.2, 0.25) is 5.02 Å². The highest BCUT2D eigenvalue weighted by Gasteiger charge is 2.06. The molecule has 0 radical (unpaired) electrons. The lowest BCUT2D eigenvalue weighted by Crippen LogP contribution is -2.04. The van der Waals surface area contributed by atoms with Crippen LogP contribution in [0, 0.1) is 0 Å². The van der Waals surface area contributed by atoms with E-state index in [1.165, 1.54) is 0 Å². The number of hydrogen-bond acceptors (Lipinski definition) is 2. The first-order valence-corrected chi connectivity index (χ1v) is 8.06. The number of benzene rings is 2. The molecule has 23 heavy (non-hydrogen) atoms. The SMILES string of the molecule is CCOC(=O)CCc1ccc2[nH]c(-c3ccc(Cl)cc3)cc2c1. The quantitative estimate of drug-likeness (QED) is 0.671. The van der Waals surface area contributed by atoms with E-state index in [2.05, 4.69) is 23.2 Å². The zero-order valence-corrected chi connectivity index (χ0v) is 13.7. The minimum atomic E-state index is -0.150. The number of carbonyl (C=O) groups is 1. The van der Waals surface area contributed by atoms with E-state index in [4.69, 9.17) is 16.3 Å². The summed E-state index contributed by atoms with van der Waals surface area (Å²) in [5, 5.41) is 1.86. The van der Waals surface area contributed by atoms with E-state index in [0.29, 0.717) is 19.4 Å². The maximum absolute atomic E-state index is 11.5. The Hall–Kier alpha value is -2.26. The predicted molar refractivity (Wildman–Crippen MR) is 93.7 cm³/mol. The summed E-state index contributed by atoms with van der Waals surface area (Å²) < 4.78 is 4.97. The van der Waals surface area contributed by atoms with Gasteiger partial charge >= 0.3 is 5.97 Å². The number of H-pyrrole nitrogens is 1. The Balaban J connectivity index is 1.80. The summed E-state index contributed by atoms with van der Waals surface area (Å²) in [6, 6.07) is 16.1. The van der Waals surface area contributed by atoms with Crippen molar-refractivity contribution >= 4 is 28.5 Å². The molecule has 3 nitrogen and oxygen atoms in total. The highest BCUT2D eigenvalue weighted by molar-refractivity contribution is 6.30. The molecule has 3 aromatic rings. The molecule has 0 saturated carbocycles. The highest BCUT2D eigenvalue weighted by atomic mass is 35.5. The van der Waals surface area contributed by atoms with Gasteiger partial charge in [0.15, 0.2) is 0 Å². The molecule has 118 valence electrons. The van der Waals surface area contributed by atoms with Gasteiger partial charge in [0.05, 0.1) is 6.61 Å². The number of carbonyl (C=O) groups excluding carboxylic acids is 1. The van der Waals surface area contributed by atoms with Crippen LogP contribution in [0.15, 0.2) is 48.5 Å². The molecule has 0 aliphatic heterocycles. The van der Waals surface area contributed by atoms with Gasteiger partial charge in [0.2, 0.25) is 0 Å². The standard InChI is InChI=1S/C19H18ClNO2/c1-2-23-19(22)10-4-13-3-9-17-15(11-13)12-18(21-17)14-5-7-16(20)8-6-14/h3,5-9,11-12,21H,2,4,10H2,1H3. The van der Waals surface area contributed by atoms with Crippen LogP contribution in [-0.2, 0) is 16.0 Å². The largest absolute Gasteiger partial charge is 0.466 e. The summed E-state index contributed by atoms with van der Waals surface area (Å²) in [4.78, 5) is 14.9. The fraction of sp³-hybridized carbons (Fsp3) is 0.211. The van der Waals surface area contributed by atoms with Crippen molar-refractivity contribution in [2.45, 2.75) is 19.8 Å². The Morgan fingerprint density at radius 1 is 1.13 bits per heavy atom. The summed E-state index contributed by atoms with van der Waals surface area (Å²) in [5.74, 6) is -0.150. The Morgan fingerprint density at radius 2 is 1.91 bits per heavy atom. The van der Waals surface area contributed by atoms with Gasteiger partial charge in [-0.05, 0) is 54.8 Å². The van der Waals surface area contributed by atoms with Gasteiger partial charge in [0.25, 0.3) is 0 Å². The highest BCUT2D eigenvalue weighted by Crippen LogP contribution is 2.26. The number of aromatic amines is 1. The second-order valence-electron chi connectivity index (χ2n) is 5.42. The molecule has 0 fully saturated rings. The van der Waals surface area contributed by atoms with Gasteiger partial charge in [-0.2, -0.15) is 0 Å². The molecular formula is C19H18ClNO2. The number of ether oxygens (including phenoxy) is 1. The molecule has 0 aliphatic carbocycles. The van der Waals surface area contributed by atoms with E-state index in [9.17, 15) is 4.79 Å². The third-order valence-corrected chi connectivity index (χ3v) is 4.02. The molecule has 0 atom stereocenters. The zero-order valence-electron chi connectivity index (χ0n) is 12.9. The van der Waals surface area contributed by atoms with Crippen LogP contribution in [-0.4, -0.2) is 17.6 Å². The van der Waals surface area contributed by atoms with Gasteiger partial charge in [-0.1, -0.05) is 29.8 Å². The number of nitrogens with one attached hydrogen (secondary N) is 1. The first-order valence-electron chi connectivity index (χ1n) is 7.69. The Labute approximate surface area is 140 Å². The minimum absolute atomic E-state index is 0.150. The lowest BCUT2D eigenvalue weighted by atomic mass is 10.1. The Kier molecular flexibility index (Phi) is 4.68. The van der Waals surface area contributed by atoms with Gasteiger partial charge in [0, 0.05) is 28.0 Å². The number of halogens is 1. The van der Waals surface area contributed by atoms with Gasteiger partial charge < -0.3 is 9.72 Å². The van der Waals surface area contributed by atoms with Crippen LogP contribution < -0.4 is 0 Å². The second-order valence-corrected chi connectivity index (χ2v) is 5.85. The first-order chi connectivity index (χ1) is 11.2. The van der Waals surface area contributed by atoms with Gasteiger partial charge in [-0.15, -0.1) is 0 Å². The fourth-order valence-corrected chi connectivity index (χ4v) is 2.73. The Morgan fingerprint density at radius 3 is 2.65 bits per heavy atom. The molecule has 0 aliphatic rings. The number of aryl methyl sites for hydroxylation is 1. The van der Waals surface area contributed by atoms with Crippen molar-refractivity contribution < 1.29 is 9.53 Å². The molecule has 4 heteroatoms. The predicted octanol–water partition coefficient (Wildman–Crippen LogP) is 4.98. The lowest BCUT2D eigenvalue weighted by molar-refractivity contribution is -0.143. The van der Waals surface area contributed by atoms with Gasteiger partial charge in [0.1, 0.15) is 0 Å². The van der Waals surface area contributed by atoms with Crippen molar-refractivity contribution in [1.29, 1.82) is 0 Å². The molecule has 3 rings (SSSR count). The van der Waals surface area contributed by atoms with Crippen LogP contribution in [0.1, 0.15) is 18.9 Å². The topological polar surface area (TPSA) is 42.1 Å². The van der Waals surface area contributed by atoms with Crippen molar-refractivity contribution in [1.82, 2.24) is 4.98 Å². The van der Waals surface area contributed by atoms with Gasteiger partial charge in [-0.3, -0.25) is 4.79 Å². The maximum Gasteiger partial charge on any atom is 0.306 e. The second kappa shape index (κ2) is 6.88. The summed E-state index contributed by atoms with van der Waals surface area (Å²) >= 11 is 5.93. The zero-order chi connectivity index (χ0) is 16.2. The van der Waals surface area contributed by atoms with Crippen molar-refractivity contribution in [2.24, 2.45) is 0 Å². The summed E-state index contributed by atoms with van der Waals surface area (Å²) in [5.41, 5.74) is 4.36. The summed E-state index contributed by atoms with van der Waals surface area (Å²) in [7, 11) is 0. The maximum atomic E-state index is 11.5. The van der Waals surface area contributed by atoms with E-state index in [-0.39, 0.29) is 5.97 Å². The molecule has 0 unspecified atom stereocenters. The number of aromatic nitrogens is 1. The number of fused-ring (bicyclic) bond motifs is 1. The van der Waals surface area contributed by atoms with E-state index in [1.807, 2.05) is 37.3 Å². The van der Waals surface area contributed by atoms with Crippen molar-refractivity contribution in [3.63, 3.8) is 0 Å². The van der Waals surface area contributed by atoms with Crippen LogP contribution in [0.25, 0.3) is 22.2 Å². The average Bonchev–Trinajstić information content (AvgIpc) is 2.97. The molecular weight excluding hydrogens is 310 g/mol. The molecule has 1 aromatic heterocycles. The van der Waals surface area contributed by atoms with Crippen molar-refractivity contribution in [2.75, 3.05) is 6.61 Å². The lowest BCUT2D eigenvalue weighted by Gasteiger charge is -2.02. The van der Waals surface area contributed by atoms with Crippen LogP contribution in [0.5, 0.6) is 0 Å². The average molecular weight is 328 g/mol. The third kappa shape index (κ3) is 3.74. The molecule has 0 saturated heterocycles. The van der Waals surface area contributed by atoms with E-state index < -0.39 is 0 Å². The van der Waals surface area contributed by atoms with E-state index in [1.54, 1.807) is 0 Å². The smallest absolute Gasteiger partial charge is 0.306 e. The molecule has 2 aromatic carbocycles. The normalized spacial score (nSPS) is 10.9. The molecule has 1 N–H and O–H groups in total. The van der Waals surface area contributed by atoms with Gasteiger partial charge in [-0.25, -0.2) is 0 Å². The van der Waals surface area contributed by atoms with Crippen LogP contribution in [0.4, 0.5) is 0 Å². The molecule has 0 bridgehead atoms. The molecule has 1 heterocycles.